The van der Waals surface area contributed by atoms with E-state index in [1.165, 1.54) is 0 Å². The summed E-state index contributed by atoms with van der Waals surface area (Å²) in [6.45, 7) is 2.05. The van der Waals surface area contributed by atoms with Crippen LogP contribution in [0.4, 0.5) is 0 Å². The lowest BCUT2D eigenvalue weighted by Gasteiger charge is -2.29. The fourth-order valence-electron chi connectivity index (χ4n) is 1.84. The number of aliphatic carboxylic acids is 1. The molecule has 0 heterocycles. The van der Waals surface area contributed by atoms with Crippen molar-refractivity contribution in [2.75, 3.05) is 33.8 Å². The number of hydrogen-bond acceptors (Lipinski definition) is 3. The summed E-state index contributed by atoms with van der Waals surface area (Å²) in [4.78, 5) is 21.1. The molecular weight excluding hydrogens is 258 g/mol. The van der Waals surface area contributed by atoms with Gasteiger partial charge in [-0.2, -0.15) is 0 Å². The van der Waals surface area contributed by atoms with Crippen molar-refractivity contribution in [1.29, 1.82) is 0 Å². The van der Waals surface area contributed by atoms with Crippen LogP contribution in [0, 0.1) is 0 Å². The van der Waals surface area contributed by atoms with Crippen LogP contribution in [0.3, 0.4) is 0 Å². The van der Waals surface area contributed by atoms with E-state index in [0.29, 0.717) is 23.2 Å². The maximum absolute atomic E-state index is 10.6. The van der Waals surface area contributed by atoms with E-state index < -0.39 is 5.97 Å². The van der Waals surface area contributed by atoms with Crippen LogP contribution in [0.2, 0.25) is 0 Å². The Hall–Kier alpha value is -1.88. The minimum atomic E-state index is -0.761. The molecule has 0 aromatic heterocycles. The zero-order valence-corrected chi connectivity index (χ0v) is 12.0. The van der Waals surface area contributed by atoms with E-state index in [0.717, 1.165) is 25.0 Å². The predicted octanol–water partition coefficient (Wildman–Crippen LogP) is 1.82. The molecular formula is C15H22NO4+. The second-order valence-electron chi connectivity index (χ2n) is 5.42. The van der Waals surface area contributed by atoms with Crippen LogP contribution < -0.4 is 4.74 Å². The van der Waals surface area contributed by atoms with Gasteiger partial charge in [0, 0.05) is 12.0 Å². The van der Waals surface area contributed by atoms with Crippen molar-refractivity contribution in [2.45, 2.75) is 12.8 Å². The average molecular weight is 280 g/mol. The number of carbonyl (C=O) groups excluding carboxylic acids is 1. The average Bonchev–Trinajstić information content (AvgIpc) is 2.42. The molecule has 0 spiro atoms. The van der Waals surface area contributed by atoms with Gasteiger partial charge in [0.25, 0.3) is 0 Å². The standard InChI is InChI=1S/C15H21NO4/c1-16(2,10-8-15(18)19)9-3-11-20-14-6-4-13(12-17)5-7-14/h4-7,12H,3,8-11H2,1-2H3/p+1. The van der Waals surface area contributed by atoms with Gasteiger partial charge in [0.15, 0.2) is 0 Å². The monoisotopic (exact) mass is 280 g/mol. The van der Waals surface area contributed by atoms with Gasteiger partial charge in [0.05, 0.1) is 40.2 Å². The number of carbonyl (C=O) groups is 2. The number of benzene rings is 1. The summed E-state index contributed by atoms with van der Waals surface area (Å²) in [6.07, 6.45) is 1.83. The van der Waals surface area contributed by atoms with E-state index in [1.54, 1.807) is 24.3 Å². The maximum Gasteiger partial charge on any atom is 0.309 e. The highest BCUT2D eigenvalue weighted by Crippen LogP contribution is 2.11. The first kappa shape index (κ1) is 16.2. The van der Waals surface area contributed by atoms with Gasteiger partial charge < -0.3 is 14.3 Å². The van der Waals surface area contributed by atoms with Crippen molar-refractivity contribution in [3.8, 4) is 5.75 Å². The van der Waals surface area contributed by atoms with Crippen molar-refractivity contribution in [1.82, 2.24) is 0 Å². The maximum atomic E-state index is 10.6. The highest BCUT2D eigenvalue weighted by molar-refractivity contribution is 5.74. The molecule has 1 aromatic carbocycles. The zero-order chi connectivity index (χ0) is 15.0. The Kier molecular flexibility index (Phi) is 6.18. The molecule has 0 atom stereocenters. The van der Waals surface area contributed by atoms with Gasteiger partial charge in [-0.15, -0.1) is 0 Å². The van der Waals surface area contributed by atoms with E-state index in [-0.39, 0.29) is 6.42 Å². The summed E-state index contributed by atoms with van der Waals surface area (Å²) in [5.41, 5.74) is 0.629. The third-order valence-corrected chi connectivity index (χ3v) is 3.12. The Morgan fingerprint density at radius 1 is 1.25 bits per heavy atom. The van der Waals surface area contributed by atoms with Crippen LogP contribution in [0.5, 0.6) is 5.75 Å². The Morgan fingerprint density at radius 3 is 2.45 bits per heavy atom. The third kappa shape index (κ3) is 6.33. The number of carboxylic acids is 1. The lowest BCUT2D eigenvalue weighted by Crippen LogP contribution is -2.42. The summed E-state index contributed by atoms with van der Waals surface area (Å²) in [7, 11) is 4.03. The number of nitrogens with zero attached hydrogens (tertiary/aromatic N) is 1. The van der Waals surface area contributed by atoms with Gasteiger partial charge in [0.1, 0.15) is 12.0 Å². The summed E-state index contributed by atoms with van der Waals surface area (Å²) >= 11 is 0. The van der Waals surface area contributed by atoms with Gasteiger partial charge >= 0.3 is 5.97 Å². The molecule has 1 aromatic rings. The molecule has 0 aliphatic rings. The first-order valence-corrected chi connectivity index (χ1v) is 6.65. The number of carboxylic acid groups (broad SMARTS) is 1. The van der Waals surface area contributed by atoms with Crippen molar-refractivity contribution in [3.63, 3.8) is 0 Å². The summed E-state index contributed by atoms with van der Waals surface area (Å²) < 4.78 is 6.25. The smallest absolute Gasteiger partial charge is 0.309 e. The normalized spacial score (nSPS) is 11.1. The molecule has 0 radical (unpaired) electrons. The van der Waals surface area contributed by atoms with E-state index in [2.05, 4.69) is 0 Å². The van der Waals surface area contributed by atoms with Crippen LogP contribution in [-0.4, -0.2) is 55.6 Å². The minimum Gasteiger partial charge on any atom is -0.493 e. The molecule has 0 aliphatic heterocycles. The van der Waals surface area contributed by atoms with Crippen LogP contribution >= 0.6 is 0 Å². The Balaban J connectivity index is 2.26. The van der Waals surface area contributed by atoms with Crippen molar-refractivity contribution in [2.24, 2.45) is 0 Å². The molecule has 1 rings (SSSR count). The number of hydrogen-bond donors (Lipinski definition) is 1. The predicted molar refractivity (Wildman–Crippen MR) is 76.0 cm³/mol. The second-order valence-corrected chi connectivity index (χ2v) is 5.42. The van der Waals surface area contributed by atoms with Crippen molar-refractivity contribution in [3.05, 3.63) is 29.8 Å². The Labute approximate surface area is 119 Å². The number of aldehydes is 1. The number of ether oxygens (including phenoxy) is 1. The molecule has 0 fully saturated rings. The molecule has 0 unspecified atom stereocenters. The fraction of sp³-hybridized carbons (Fsp3) is 0.467. The SMILES string of the molecule is C[N+](C)(CCCOc1ccc(C=O)cc1)CCC(=O)O. The fourth-order valence-corrected chi connectivity index (χ4v) is 1.84. The third-order valence-electron chi connectivity index (χ3n) is 3.12. The van der Waals surface area contributed by atoms with Gasteiger partial charge in [-0.1, -0.05) is 0 Å². The van der Waals surface area contributed by atoms with Crippen LogP contribution in [-0.2, 0) is 4.79 Å². The molecule has 0 saturated carbocycles. The summed E-state index contributed by atoms with van der Waals surface area (Å²) in [5, 5.41) is 8.68. The Morgan fingerprint density at radius 2 is 1.90 bits per heavy atom. The van der Waals surface area contributed by atoms with E-state index >= 15 is 0 Å². The Bertz CT molecular complexity index is 440. The van der Waals surface area contributed by atoms with Gasteiger partial charge in [-0.3, -0.25) is 9.59 Å². The first-order valence-electron chi connectivity index (χ1n) is 6.65. The number of quaternary nitrogens is 1. The zero-order valence-electron chi connectivity index (χ0n) is 12.0. The van der Waals surface area contributed by atoms with E-state index in [1.807, 2.05) is 14.1 Å². The molecule has 20 heavy (non-hydrogen) atoms. The van der Waals surface area contributed by atoms with Crippen LogP contribution in [0.15, 0.2) is 24.3 Å². The topological polar surface area (TPSA) is 63.6 Å². The molecule has 0 bridgehead atoms. The number of rotatable bonds is 9. The van der Waals surface area contributed by atoms with Gasteiger partial charge in [-0.25, -0.2) is 0 Å². The van der Waals surface area contributed by atoms with Crippen molar-refractivity contribution >= 4 is 12.3 Å². The van der Waals surface area contributed by atoms with Gasteiger partial charge in [-0.05, 0) is 24.3 Å². The molecule has 5 heteroatoms. The van der Waals surface area contributed by atoms with E-state index in [9.17, 15) is 9.59 Å². The molecule has 5 nitrogen and oxygen atoms in total. The minimum absolute atomic E-state index is 0.182. The van der Waals surface area contributed by atoms with Crippen LogP contribution in [0.25, 0.3) is 0 Å². The second kappa shape index (κ2) is 7.65. The molecule has 0 amide bonds. The summed E-state index contributed by atoms with van der Waals surface area (Å²) in [5.74, 6) is -0.0193. The van der Waals surface area contributed by atoms with Crippen LogP contribution in [0.1, 0.15) is 23.2 Å². The molecule has 0 aliphatic carbocycles. The largest absolute Gasteiger partial charge is 0.493 e. The highest BCUT2D eigenvalue weighted by atomic mass is 16.5. The molecule has 1 N–H and O–H groups in total. The molecule has 110 valence electrons. The summed E-state index contributed by atoms with van der Waals surface area (Å²) in [6, 6.07) is 6.98. The van der Waals surface area contributed by atoms with Gasteiger partial charge in [0.2, 0.25) is 0 Å². The van der Waals surface area contributed by atoms with E-state index in [4.69, 9.17) is 9.84 Å². The first-order chi connectivity index (χ1) is 9.43. The van der Waals surface area contributed by atoms with Crippen molar-refractivity contribution < 1.29 is 23.9 Å². The highest BCUT2D eigenvalue weighted by Gasteiger charge is 2.16. The quantitative estimate of drug-likeness (QED) is 0.426. The molecule has 0 saturated heterocycles. The lowest BCUT2D eigenvalue weighted by molar-refractivity contribution is -0.890. The lowest BCUT2D eigenvalue weighted by atomic mass is 10.2.